The molecule has 3 saturated heterocycles. The van der Waals surface area contributed by atoms with E-state index in [1.165, 1.54) is 10.6 Å². The molecule has 7 rings (SSSR count). The van der Waals surface area contributed by atoms with E-state index in [0.717, 1.165) is 61.4 Å². The molecule has 14 heteroatoms. The molecule has 4 aliphatic heterocycles. The standard InChI is InChI=1S/C35H44N8O5S/c1-40(2)27-14-17-41(18-15-27)34(44)24-6-10-26(11-7-24)37-35(45)36-25-8-4-23(5-9-25)32-38-31-16-19-43(49(3,46)47)22-30(31)33(39-32)42-20-28-12-13-29(21-42)48-28/h4-11,27-29H,12-22H2,1-3H3,(H2,36,37,45). The third-order valence-electron chi connectivity index (χ3n) is 10.1. The molecule has 13 nitrogen and oxygen atoms in total. The lowest BCUT2D eigenvalue weighted by atomic mass is 10.0. The van der Waals surface area contributed by atoms with Gasteiger partial charge in [0.15, 0.2) is 5.82 Å². The number of hydrogen-bond donors (Lipinski definition) is 2. The van der Waals surface area contributed by atoms with Crippen LogP contribution in [0.3, 0.4) is 0 Å². The highest BCUT2D eigenvalue weighted by molar-refractivity contribution is 7.88. The first-order valence-corrected chi connectivity index (χ1v) is 18.8. The second kappa shape index (κ2) is 13.7. The summed E-state index contributed by atoms with van der Waals surface area (Å²) in [6.07, 6.45) is 6.00. The molecule has 3 amide bonds. The number of aromatic nitrogens is 2. The summed E-state index contributed by atoms with van der Waals surface area (Å²) >= 11 is 0. The first-order chi connectivity index (χ1) is 23.5. The summed E-state index contributed by atoms with van der Waals surface area (Å²) in [5, 5.41) is 5.70. The summed E-state index contributed by atoms with van der Waals surface area (Å²) in [4.78, 5) is 42.1. The largest absolute Gasteiger partial charge is 0.371 e. The Labute approximate surface area is 287 Å². The van der Waals surface area contributed by atoms with Gasteiger partial charge in [-0.05, 0) is 88.3 Å². The maximum absolute atomic E-state index is 13.0. The van der Waals surface area contributed by atoms with Gasteiger partial charge >= 0.3 is 6.03 Å². The number of carbonyl (C=O) groups excluding carboxylic acids is 2. The second-order valence-corrected chi connectivity index (χ2v) is 15.7. The monoisotopic (exact) mass is 688 g/mol. The van der Waals surface area contributed by atoms with E-state index >= 15 is 0 Å². The Kier molecular flexibility index (Phi) is 9.31. The number of carbonyl (C=O) groups is 2. The van der Waals surface area contributed by atoms with Gasteiger partial charge in [0.25, 0.3) is 5.91 Å². The summed E-state index contributed by atoms with van der Waals surface area (Å²) in [5.74, 6) is 1.35. The summed E-state index contributed by atoms with van der Waals surface area (Å²) in [6, 6.07) is 14.4. The van der Waals surface area contributed by atoms with Gasteiger partial charge in [-0.3, -0.25) is 4.79 Å². The number of benzene rings is 2. The van der Waals surface area contributed by atoms with E-state index in [1.807, 2.05) is 17.0 Å². The third kappa shape index (κ3) is 7.42. The van der Waals surface area contributed by atoms with E-state index in [0.29, 0.717) is 54.9 Å². The van der Waals surface area contributed by atoms with Gasteiger partial charge in [-0.15, -0.1) is 0 Å². The molecule has 0 radical (unpaired) electrons. The van der Waals surface area contributed by atoms with Crippen LogP contribution in [0.1, 0.15) is 47.3 Å². The SMILES string of the molecule is CN(C)C1CCN(C(=O)c2ccc(NC(=O)Nc3ccc(-c4nc5c(c(N6CC7CCC(C6)O7)n4)CN(S(C)(=O)=O)CC5)cc3)cc2)CC1. The molecule has 2 bridgehead atoms. The highest BCUT2D eigenvalue weighted by Crippen LogP contribution is 2.35. The molecule has 1 aromatic heterocycles. The quantitative estimate of drug-likeness (QED) is 0.381. The van der Waals surface area contributed by atoms with Crippen LogP contribution < -0.4 is 15.5 Å². The normalized spacial score (nSPS) is 21.5. The van der Waals surface area contributed by atoms with Crippen molar-refractivity contribution in [1.29, 1.82) is 0 Å². The van der Waals surface area contributed by atoms with Crippen LogP contribution >= 0.6 is 0 Å². The molecule has 3 fully saturated rings. The minimum absolute atomic E-state index is 0.0104. The number of sulfonamides is 1. The number of ether oxygens (including phenoxy) is 1. The molecular formula is C35H44N8O5S. The van der Waals surface area contributed by atoms with Gasteiger partial charge in [0.2, 0.25) is 10.0 Å². The minimum atomic E-state index is -3.36. The van der Waals surface area contributed by atoms with E-state index in [9.17, 15) is 18.0 Å². The maximum Gasteiger partial charge on any atom is 0.323 e. The fourth-order valence-corrected chi connectivity index (χ4v) is 8.08. The molecule has 0 spiro atoms. The summed E-state index contributed by atoms with van der Waals surface area (Å²) in [6.45, 7) is 3.53. The van der Waals surface area contributed by atoms with Crippen LogP contribution in [0.5, 0.6) is 0 Å². The Morgan fingerprint density at radius 2 is 1.47 bits per heavy atom. The zero-order valence-electron chi connectivity index (χ0n) is 28.3. The molecular weight excluding hydrogens is 645 g/mol. The number of nitrogens with zero attached hydrogens (tertiary/aromatic N) is 6. The van der Waals surface area contributed by atoms with E-state index in [4.69, 9.17) is 14.7 Å². The zero-order chi connectivity index (χ0) is 34.3. The minimum Gasteiger partial charge on any atom is -0.371 e. The van der Waals surface area contributed by atoms with E-state index in [2.05, 4.69) is 34.5 Å². The number of morpholine rings is 1. The first kappa shape index (κ1) is 33.4. The van der Waals surface area contributed by atoms with Gasteiger partial charge in [-0.1, -0.05) is 0 Å². The van der Waals surface area contributed by atoms with Crippen molar-refractivity contribution in [2.75, 3.05) is 68.6 Å². The van der Waals surface area contributed by atoms with Crippen LogP contribution in [0.2, 0.25) is 0 Å². The zero-order valence-corrected chi connectivity index (χ0v) is 29.1. The van der Waals surface area contributed by atoms with Crippen molar-refractivity contribution in [1.82, 2.24) is 24.1 Å². The molecule has 4 aliphatic rings. The lowest BCUT2D eigenvalue weighted by Crippen LogP contribution is -2.45. The number of piperidine rings is 1. The third-order valence-corrected chi connectivity index (χ3v) is 11.3. The fraction of sp³-hybridized carbons (Fsp3) is 0.486. The van der Waals surface area contributed by atoms with Crippen LogP contribution in [0.25, 0.3) is 11.4 Å². The van der Waals surface area contributed by atoms with E-state index in [1.54, 1.807) is 36.4 Å². The fourth-order valence-electron chi connectivity index (χ4n) is 7.29. The summed E-state index contributed by atoms with van der Waals surface area (Å²) in [7, 11) is 0.798. The number of nitrogens with one attached hydrogen (secondary N) is 2. The maximum atomic E-state index is 13.0. The molecule has 2 unspecified atom stereocenters. The number of amides is 3. The van der Waals surface area contributed by atoms with Gasteiger partial charge in [-0.25, -0.2) is 23.2 Å². The number of anilines is 3. The van der Waals surface area contributed by atoms with Crippen molar-refractivity contribution in [3.05, 3.63) is 65.4 Å². The van der Waals surface area contributed by atoms with Crippen molar-refractivity contribution < 1.29 is 22.7 Å². The first-order valence-electron chi connectivity index (χ1n) is 17.0. The highest BCUT2D eigenvalue weighted by Gasteiger charge is 2.37. The molecule has 2 N–H and O–H groups in total. The van der Waals surface area contributed by atoms with Crippen LogP contribution in [0, 0.1) is 0 Å². The molecule has 2 atom stereocenters. The van der Waals surface area contributed by atoms with Crippen molar-refractivity contribution in [2.45, 2.75) is 56.9 Å². The molecule has 5 heterocycles. The molecule has 0 aliphatic carbocycles. The average Bonchev–Trinajstić information content (AvgIpc) is 3.44. The number of fused-ring (bicyclic) bond motifs is 3. The number of hydrogen-bond acceptors (Lipinski definition) is 9. The van der Waals surface area contributed by atoms with Crippen molar-refractivity contribution in [3.63, 3.8) is 0 Å². The van der Waals surface area contributed by atoms with Crippen molar-refractivity contribution >= 4 is 39.2 Å². The Morgan fingerprint density at radius 3 is 2.06 bits per heavy atom. The van der Waals surface area contributed by atoms with Crippen molar-refractivity contribution in [3.8, 4) is 11.4 Å². The van der Waals surface area contributed by atoms with Gasteiger partial charge in [0.05, 0.1) is 24.2 Å². The number of urea groups is 1. The summed E-state index contributed by atoms with van der Waals surface area (Å²) in [5.41, 5.74) is 4.30. The van der Waals surface area contributed by atoms with Gasteiger partial charge < -0.3 is 30.1 Å². The summed E-state index contributed by atoms with van der Waals surface area (Å²) < 4.78 is 32.4. The lowest BCUT2D eigenvalue weighted by Gasteiger charge is -2.36. The molecule has 3 aromatic rings. The van der Waals surface area contributed by atoms with Crippen LogP contribution in [0.4, 0.5) is 22.0 Å². The van der Waals surface area contributed by atoms with E-state index in [-0.39, 0.29) is 24.7 Å². The average molecular weight is 689 g/mol. The Morgan fingerprint density at radius 1 is 0.857 bits per heavy atom. The molecule has 2 aromatic carbocycles. The van der Waals surface area contributed by atoms with Crippen LogP contribution in [0.15, 0.2) is 48.5 Å². The predicted molar refractivity (Wildman–Crippen MR) is 188 cm³/mol. The van der Waals surface area contributed by atoms with Gasteiger partial charge in [0, 0.05) is 79.8 Å². The smallest absolute Gasteiger partial charge is 0.323 e. The Balaban J connectivity index is 1.01. The molecule has 49 heavy (non-hydrogen) atoms. The Hall–Kier alpha value is -4.11. The number of rotatable bonds is 7. The van der Waals surface area contributed by atoms with Crippen LogP contribution in [-0.2, 0) is 27.7 Å². The van der Waals surface area contributed by atoms with E-state index < -0.39 is 16.1 Å². The van der Waals surface area contributed by atoms with Crippen LogP contribution in [-0.4, -0.2) is 116 Å². The predicted octanol–water partition coefficient (Wildman–Crippen LogP) is 3.64. The lowest BCUT2D eigenvalue weighted by molar-refractivity contribution is 0.0301. The topological polar surface area (TPSA) is 140 Å². The van der Waals surface area contributed by atoms with Gasteiger partial charge in [-0.2, -0.15) is 4.31 Å². The highest BCUT2D eigenvalue weighted by atomic mass is 32.2. The number of likely N-dealkylation sites (tertiary alicyclic amines) is 1. The van der Waals surface area contributed by atoms with Crippen molar-refractivity contribution in [2.24, 2.45) is 0 Å². The molecule has 260 valence electrons. The molecule has 0 saturated carbocycles. The second-order valence-electron chi connectivity index (χ2n) is 13.7. The Bertz CT molecular complexity index is 1800. The van der Waals surface area contributed by atoms with Gasteiger partial charge in [0.1, 0.15) is 5.82 Å².